The van der Waals surface area contributed by atoms with Gasteiger partial charge in [0.1, 0.15) is 17.4 Å². The van der Waals surface area contributed by atoms with Crippen LogP contribution in [0.1, 0.15) is 29.2 Å². The summed E-state index contributed by atoms with van der Waals surface area (Å²) in [5.74, 6) is 0.261. The highest BCUT2D eigenvalue weighted by atomic mass is 127. The minimum Gasteiger partial charge on any atom is -0.494 e. The van der Waals surface area contributed by atoms with Crippen molar-refractivity contribution in [1.82, 2.24) is 0 Å². The Morgan fingerprint density at radius 1 is 1.19 bits per heavy atom. The molecule has 0 atom stereocenters. The predicted molar refractivity (Wildman–Crippen MR) is 138 cm³/mol. The fourth-order valence-electron chi connectivity index (χ4n) is 3.22. The minimum atomic E-state index is -0.449. The average molecular weight is 557 g/mol. The number of nitrogens with zero attached hydrogens (tertiary/aromatic N) is 1. The van der Waals surface area contributed by atoms with Crippen LogP contribution in [0.2, 0.25) is 5.02 Å². The first-order chi connectivity index (χ1) is 15.4. The third-order valence-corrected chi connectivity index (χ3v) is 6.20. The third kappa shape index (κ3) is 5.90. The number of rotatable bonds is 7. The van der Waals surface area contributed by atoms with Crippen LogP contribution in [0.3, 0.4) is 0 Å². The summed E-state index contributed by atoms with van der Waals surface area (Å²) < 4.78 is 6.87. The second-order valence-corrected chi connectivity index (χ2v) is 8.69. The van der Waals surface area contributed by atoms with Gasteiger partial charge in [-0.2, -0.15) is 5.26 Å². The van der Waals surface area contributed by atoms with E-state index in [0.717, 1.165) is 25.8 Å². The number of anilines is 1. The van der Waals surface area contributed by atoms with Gasteiger partial charge in [-0.3, -0.25) is 4.79 Å². The molecule has 1 amide bonds. The summed E-state index contributed by atoms with van der Waals surface area (Å²) in [6.45, 7) is 4.32. The Kier molecular flexibility index (Phi) is 8.32. The Morgan fingerprint density at radius 2 is 1.91 bits per heavy atom. The quantitative estimate of drug-likeness (QED) is 0.198. The molecular weight excluding hydrogens is 535 g/mol. The number of halogens is 2. The number of para-hydroxylation sites is 1. The van der Waals surface area contributed by atoms with Crippen molar-refractivity contribution >= 4 is 51.9 Å². The van der Waals surface area contributed by atoms with Gasteiger partial charge in [-0.05, 0) is 83.5 Å². The summed E-state index contributed by atoms with van der Waals surface area (Å²) in [6.07, 6.45) is 2.20. The number of hydrogen-bond donors (Lipinski definition) is 1. The van der Waals surface area contributed by atoms with E-state index in [-0.39, 0.29) is 5.57 Å². The Balaban J connectivity index is 1.93. The van der Waals surface area contributed by atoms with E-state index >= 15 is 0 Å². The van der Waals surface area contributed by atoms with Crippen molar-refractivity contribution in [2.75, 3.05) is 11.9 Å². The molecule has 0 aliphatic carbocycles. The molecule has 0 spiro atoms. The molecule has 1 N–H and O–H groups in total. The molecule has 0 heterocycles. The number of amides is 1. The molecule has 0 aliphatic rings. The van der Waals surface area contributed by atoms with Crippen molar-refractivity contribution in [3.63, 3.8) is 0 Å². The molecule has 6 heteroatoms. The van der Waals surface area contributed by atoms with Gasteiger partial charge >= 0.3 is 0 Å². The fourth-order valence-corrected chi connectivity index (χ4v) is 4.24. The molecule has 0 radical (unpaired) electrons. The lowest BCUT2D eigenvalue weighted by molar-refractivity contribution is -0.112. The molecule has 0 bridgehead atoms. The van der Waals surface area contributed by atoms with Crippen molar-refractivity contribution in [3.05, 3.63) is 97.1 Å². The maximum atomic E-state index is 12.7. The lowest BCUT2D eigenvalue weighted by Crippen LogP contribution is -2.14. The summed E-state index contributed by atoms with van der Waals surface area (Å²) in [6, 6.07) is 21.0. The normalized spacial score (nSPS) is 11.0. The molecule has 0 unspecified atom stereocenters. The second-order valence-electron chi connectivity index (χ2n) is 7.12. The number of carbonyl (C=O) groups is 1. The lowest BCUT2D eigenvalue weighted by atomic mass is 10.0. The van der Waals surface area contributed by atoms with E-state index in [1.54, 1.807) is 6.08 Å². The van der Waals surface area contributed by atoms with Crippen LogP contribution in [0.15, 0.2) is 66.2 Å². The van der Waals surface area contributed by atoms with E-state index in [1.165, 1.54) is 0 Å². The molecular formula is C26H22ClIN2O2. The summed E-state index contributed by atoms with van der Waals surface area (Å²) in [5.41, 5.74) is 4.36. The van der Waals surface area contributed by atoms with Crippen LogP contribution < -0.4 is 10.1 Å². The number of hydrogen-bond acceptors (Lipinski definition) is 3. The molecule has 0 fully saturated rings. The van der Waals surface area contributed by atoms with Crippen molar-refractivity contribution in [2.45, 2.75) is 20.3 Å². The minimum absolute atomic E-state index is 0.0188. The van der Waals surface area contributed by atoms with Crippen LogP contribution in [0.4, 0.5) is 5.69 Å². The first kappa shape index (κ1) is 23.8. The number of aryl methyl sites for hydroxylation is 1. The second kappa shape index (κ2) is 11.2. The maximum absolute atomic E-state index is 12.7. The number of nitriles is 1. The highest BCUT2D eigenvalue weighted by molar-refractivity contribution is 14.1. The van der Waals surface area contributed by atoms with E-state index in [4.69, 9.17) is 16.3 Å². The van der Waals surface area contributed by atoms with Gasteiger partial charge in [0.2, 0.25) is 0 Å². The van der Waals surface area contributed by atoms with Crippen LogP contribution in [-0.4, -0.2) is 12.5 Å². The van der Waals surface area contributed by atoms with Gasteiger partial charge in [-0.1, -0.05) is 48.0 Å². The molecule has 0 aromatic heterocycles. The van der Waals surface area contributed by atoms with E-state index in [1.807, 2.05) is 80.6 Å². The molecule has 32 heavy (non-hydrogen) atoms. The van der Waals surface area contributed by atoms with Crippen LogP contribution in [0.25, 0.3) is 6.08 Å². The molecule has 3 aromatic rings. The largest absolute Gasteiger partial charge is 0.494 e. The molecule has 3 aromatic carbocycles. The zero-order chi connectivity index (χ0) is 23.1. The summed E-state index contributed by atoms with van der Waals surface area (Å²) >= 11 is 8.61. The maximum Gasteiger partial charge on any atom is 0.266 e. The monoisotopic (exact) mass is 556 g/mol. The predicted octanol–water partition coefficient (Wildman–Crippen LogP) is 6.79. The van der Waals surface area contributed by atoms with Crippen molar-refractivity contribution in [2.24, 2.45) is 0 Å². The Hall–Kier alpha value is -2.82. The number of ether oxygens (including phenoxy) is 1. The molecule has 0 aliphatic heterocycles. The topological polar surface area (TPSA) is 62.1 Å². The summed E-state index contributed by atoms with van der Waals surface area (Å²) in [7, 11) is 0. The van der Waals surface area contributed by atoms with Gasteiger partial charge in [0, 0.05) is 26.3 Å². The molecule has 0 saturated heterocycles. The van der Waals surface area contributed by atoms with Crippen molar-refractivity contribution < 1.29 is 9.53 Å². The Bertz CT molecular complexity index is 1210. The number of carbonyl (C=O) groups excluding carboxylic acids is 1. The third-order valence-electron chi connectivity index (χ3n) is 4.87. The van der Waals surface area contributed by atoms with Crippen molar-refractivity contribution in [3.8, 4) is 11.8 Å². The molecule has 3 rings (SSSR count). The Morgan fingerprint density at radius 3 is 2.59 bits per heavy atom. The van der Waals surface area contributed by atoms with Gasteiger partial charge in [-0.25, -0.2) is 0 Å². The van der Waals surface area contributed by atoms with E-state index < -0.39 is 5.91 Å². The smallest absolute Gasteiger partial charge is 0.266 e. The molecule has 0 saturated carbocycles. The lowest BCUT2D eigenvalue weighted by Gasteiger charge is -2.15. The van der Waals surface area contributed by atoms with Crippen LogP contribution >= 0.6 is 34.2 Å². The zero-order valence-electron chi connectivity index (χ0n) is 17.8. The van der Waals surface area contributed by atoms with Crippen molar-refractivity contribution in [1.29, 1.82) is 5.26 Å². The van der Waals surface area contributed by atoms with Gasteiger partial charge in [0.15, 0.2) is 0 Å². The SMILES string of the molecule is CCOc1cc(/C=C(\C#N)C(=O)Nc2ccccc2C)cc(I)c1Cc1ccccc1Cl. The fraction of sp³-hybridized carbons (Fsp3) is 0.154. The number of benzene rings is 3. The first-order valence-electron chi connectivity index (χ1n) is 10.1. The molecule has 162 valence electrons. The highest BCUT2D eigenvalue weighted by Crippen LogP contribution is 2.31. The highest BCUT2D eigenvalue weighted by Gasteiger charge is 2.15. The average Bonchev–Trinajstić information content (AvgIpc) is 2.77. The van der Waals surface area contributed by atoms with Gasteiger partial charge in [-0.15, -0.1) is 0 Å². The van der Waals surface area contributed by atoms with Crippen LogP contribution in [0.5, 0.6) is 5.75 Å². The van der Waals surface area contributed by atoms with Crippen LogP contribution in [-0.2, 0) is 11.2 Å². The zero-order valence-corrected chi connectivity index (χ0v) is 20.7. The van der Waals surface area contributed by atoms with Crippen LogP contribution in [0, 0.1) is 21.8 Å². The summed E-state index contributed by atoms with van der Waals surface area (Å²) in [4.78, 5) is 12.7. The molecule has 4 nitrogen and oxygen atoms in total. The van der Waals surface area contributed by atoms with E-state index in [0.29, 0.717) is 29.5 Å². The van der Waals surface area contributed by atoms with E-state index in [9.17, 15) is 10.1 Å². The van der Waals surface area contributed by atoms with E-state index in [2.05, 4.69) is 27.9 Å². The number of nitrogens with one attached hydrogen (secondary N) is 1. The standard InChI is InChI=1S/C26H22ClIN2O2/c1-3-32-25-14-18(13-23(28)21(25)15-19-9-5-6-10-22(19)27)12-20(16-29)26(31)30-24-11-7-4-8-17(24)2/h4-14H,3,15H2,1-2H3,(H,30,31)/b20-12+. The van der Waals surface area contributed by atoms with Gasteiger partial charge in [0.25, 0.3) is 5.91 Å². The summed E-state index contributed by atoms with van der Waals surface area (Å²) in [5, 5.41) is 13.1. The van der Waals surface area contributed by atoms with Gasteiger partial charge in [0.05, 0.1) is 6.61 Å². The van der Waals surface area contributed by atoms with Gasteiger partial charge < -0.3 is 10.1 Å². The Labute approximate surface area is 207 Å². The first-order valence-corrected chi connectivity index (χ1v) is 11.6.